The first kappa shape index (κ1) is 15.1. The lowest BCUT2D eigenvalue weighted by Crippen LogP contribution is -2.41. The van der Waals surface area contributed by atoms with Crippen LogP contribution in [0.25, 0.3) is 0 Å². The van der Waals surface area contributed by atoms with Crippen molar-refractivity contribution in [2.24, 2.45) is 11.7 Å². The third-order valence-electron chi connectivity index (χ3n) is 4.12. The number of nitrogens with two attached hydrogens (primary N) is 1. The fourth-order valence-electron chi connectivity index (χ4n) is 2.68. The van der Waals surface area contributed by atoms with Crippen molar-refractivity contribution in [1.29, 1.82) is 0 Å². The number of hydrogen-bond donors (Lipinski definition) is 3. The van der Waals surface area contributed by atoms with Crippen molar-refractivity contribution in [1.82, 2.24) is 10.6 Å². The van der Waals surface area contributed by atoms with Crippen LogP contribution in [-0.2, 0) is 0 Å². The van der Waals surface area contributed by atoms with Gasteiger partial charge in [0.15, 0.2) is 0 Å². The van der Waals surface area contributed by atoms with Crippen LogP contribution in [0.2, 0.25) is 5.02 Å². The van der Waals surface area contributed by atoms with Crippen LogP contribution in [-0.4, -0.2) is 37.6 Å². The number of halogens is 1. The third-order valence-corrected chi connectivity index (χ3v) is 4.44. The molecular formula is C15H19ClN4O2. The van der Waals surface area contributed by atoms with Crippen LogP contribution in [0, 0.1) is 5.92 Å². The van der Waals surface area contributed by atoms with Crippen molar-refractivity contribution in [3.05, 3.63) is 28.8 Å². The van der Waals surface area contributed by atoms with Crippen LogP contribution in [0.5, 0.6) is 0 Å². The highest BCUT2D eigenvalue weighted by Crippen LogP contribution is 2.32. The number of urea groups is 1. The fourth-order valence-corrected chi connectivity index (χ4v) is 2.90. The van der Waals surface area contributed by atoms with Gasteiger partial charge in [-0.3, -0.25) is 9.69 Å². The zero-order valence-electron chi connectivity index (χ0n) is 12.1. The van der Waals surface area contributed by atoms with Gasteiger partial charge in [-0.1, -0.05) is 11.6 Å². The molecule has 3 rings (SSSR count). The minimum absolute atomic E-state index is 0.0155. The Kier molecular flexibility index (Phi) is 4.22. The smallest absolute Gasteiger partial charge is 0.322 e. The fraction of sp³-hybridized carbons (Fsp3) is 0.467. The minimum atomic E-state index is -0.197. The highest BCUT2D eigenvalue weighted by molar-refractivity contribution is 6.34. The number of rotatable bonds is 5. The average Bonchev–Trinajstić information content (AvgIpc) is 3.27. The van der Waals surface area contributed by atoms with Gasteiger partial charge in [0.05, 0.1) is 10.7 Å². The summed E-state index contributed by atoms with van der Waals surface area (Å²) in [5, 5.41) is 6.14. The van der Waals surface area contributed by atoms with Crippen molar-refractivity contribution >= 4 is 29.2 Å². The molecule has 3 amide bonds. The molecule has 2 fully saturated rings. The molecule has 6 nitrogen and oxygen atoms in total. The lowest BCUT2D eigenvalue weighted by Gasteiger charge is -2.19. The highest BCUT2D eigenvalue weighted by Gasteiger charge is 2.31. The van der Waals surface area contributed by atoms with Gasteiger partial charge < -0.3 is 16.4 Å². The van der Waals surface area contributed by atoms with E-state index >= 15 is 0 Å². The van der Waals surface area contributed by atoms with E-state index < -0.39 is 0 Å². The summed E-state index contributed by atoms with van der Waals surface area (Å²) in [7, 11) is 0. The standard InChI is InChI=1S/C15H19ClN4O2/c16-11-4-3-10(7-13(11)20-6-5-18-15(20)22)14(21)19-12(8-17)9-1-2-9/h3-4,7,9,12H,1-2,5-6,8,17H2,(H,18,22)(H,19,21). The van der Waals surface area contributed by atoms with Gasteiger partial charge in [0.25, 0.3) is 5.91 Å². The minimum Gasteiger partial charge on any atom is -0.348 e. The lowest BCUT2D eigenvalue weighted by molar-refractivity contribution is 0.0933. The number of anilines is 1. The van der Waals surface area contributed by atoms with Crippen LogP contribution in [0.1, 0.15) is 23.2 Å². The summed E-state index contributed by atoms with van der Waals surface area (Å²) in [5.41, 5.74) is 6.75. The quantitative estimate of drug-likeness (QED) is 0.764. The average molecular weight is 323 g/mol. The molecule has 1 aliphatic carbocycles. The Morgan fingerprint density at radius 3 is 2.86 bits per heavy atom. The van der Waals surface area contributed by atoms with Gasteiger partial charge in [-0.05, 0) is 37.0 Å². The number of amides is 3. The van der Waals surface area contributed by atoms with Gasteiger partial charge in [-0.15, -0.1) is 0 Å². The van der Waals surface area contributed by atoms with Crippen LogP contribution in [0.15, 0.2) is 18.2 Å². The number of carbonyl (C=O) groups excluding carboxylic acids is 2. The van der Waals surface area contributed by atoms with Crippen molar-refractivity contribution in [3.8, 4) is 0 Å². The lowest BCUT2D eigenvalue weighted by atomic mass is 10.1. The highest BCUT2D eigenvalue weighted by atomic mass is 35.5. The van der Waals surface area contributed by atoms with E-state index in [2.05, 4.69) is 10.6 Å². The van der Waals surface area contributed by atoms with Gasteiger partial charge in [-0.25, -0.2) is 4.79 Å². The van der Waals surface area contributed by atoms with Crippen LogP contribution >= 0.6 is 11.6 Å². The monoisotopic (exact) mass is 322 g/mol. The van der Waals surface area contributed by atoms with Gasteiger partial charge in [0, 0.05) is 31.2 Å². The summed E-state index contributed by atoms with van der Waals surface area (Å²) in [4.78, 5) is 25.7. The Balaban J connectivity index is 1.78. The van der Waals surface area contributed by atoms with E-state index in [1.807, 2.05) is 0 Å². The van der Waals surface area contributed by atoms with Crippen LogP contribution in [0.3, 0.4) is 0 Å². The van der Waals surface area contributed by atoms with Gasteiger partial charge in [0.1, 0.15) is 0 Å². The van der Waals surface area contributed by atoms with Crippen LogP contribution in [0.4, 0.5) is 10.5 Å². The Labute approximate surface area is 134 Å². The van der Waals surface area contributed by atoms with Crippen molar-refractivity contribution < 1.29 is 9.59 Å². The Hall–Kier alpha value is -1.79. The molecule has 1 saturated heterocycles. The molecule has 1 aromatic rings. The number of nitrogens with zero attached hydrogens (tertiary/aromatic N) is 1. The molecule has 22 heavy (non-hydrogen) atoms. The largest absolute Gasteiger partial charge is 0.348 e. The first-order valence-electron chi connectivity index (χ1n) is 7.46. The number of carbonyl (C=O) groups is 2. The zero-order chi connectivity index (χ0) is 15.7. The molecule has 1 aromatic carbocycles. The topological polar surface area (TPSA) is 87.5 Å². The third kappa shape index (κ3) is 3.03. The number of benzene rings is 1. The zero-order valence-corrected chi connectivity index (χ0v) is 12.9. The van der Waals surface area contributed by atoms with Crippen molar-refractivity contribution in [3.63, 3.8) is 0 Å². The number of nitrogens with one attached hydrogen (secondary N) is 2. The molecule has 1 heterocycles. The maximum Gasteiger partial charge on any atom is 0.322 e. The molecule has 1 atom stereocenters. The van der Waals surface area contributed by atoms with Gasteiger partial charge in [-0.2, -0.15) is 0 Å². The van der Waals surface area contributed by atoms with E-state index in [1.54, 1.807) is 23.1 Å². The molecule has 0 bridgehead atoms. The first-order valence-corrected chi connectivity index (χ1v) is 7.84. The maximum absolute atomic E-state index is 12.4. The maximum atomic E-state index is 12.4. The summed E-state index contributed by atoms with van der Waals surface area (Å²) in [6.45, 7) is 1.55. The normalized spacial score (nSPS) is 19.0. The summed E-state index contributed by atoms with van der Waals surface area (Å²) < 4.78 is 0. The molecule has 7 heteroatoms. The van der Waals surface area contributed by atoms with E-state index in [1.165, 1.54) is 0 Å². The van der Waals surface area contributed by atoms with Gasteiger partial charge in [0.2, 0.25) is 0 Å². The van der Waals surface area contributed by atoms with E-state index in [9.17, 15) is 9.59 Å². The molecule has 1 unspecified atom stereocenters. The molecule has 0 radical (unpaired) electrons. The Bertz CT molecular complexity index is 603. The second-order valence-electron chi connectivity index (χ2n) is 5.70. The molecule has 4 N–H and O–H groups in total. The van der Waals surface area contributed by atoms with Gasteiger partial charge >= 0.3 is 6.03 Å². The molecule has 0 spiro atoms. The predicted molar refractivity (Wildman–Crippen MR) is 85.2 cm³/mol. The molecule has 1 aliphatic heterocycles. The summed E-state index contributed by atoms with van der Waals surface area (Å²) in [6.07, 6.45) is 2.23. The van der Waals surface area contributed by atoms with Crippen molar-refractivity contribution in [2.45, 2.75) is 18.9 Å². The van der Waals surface area contributed by atoms with E-state index in [4.69, 9.17) is 17.3 Å². The van der Waals surface area contributed by atoms with Crippen LogP contribution < -0.4 is 21.3 Å². The molecule has 0 aromatic heterocycles. The summed E-state index contributed by atoms with van der Waals surface area (Å²) in [6, 6.07) is 4.78. The molecule has 1 saturated carbocycles. The summed E-state index contributed by atoms with van der Waals surface area (Å²) >= 11 is 6.17. The second kappa shape index (κ2) is 6.14. The van der Waals surface area contributed by atoms with Crippen molar-refractivity contribution in [2.75, 3.05) is 24.5 Å². The Morgan fingerprint density at radius 2 is 2.27 bits per heavy atom. The van der Waals surface area contributed by atoms with E-state index in [0.717, 1.165) is 12.8 Å². The molecular weight excluding hydrogens is 304 g/mol. The Morgan fingerprint density at radius 1 is 1.50 bits per heavy atom. The van der Waals surface area contributed by atoms with E-state index in [-0.39, 0.29) is 18.0 Å². The SMILES string of the molecule is NCC(NC(=O)c1ccc(Cl)c(N2CCNC2=O)c1)C1CC1. The molecule has 2 aliphatic rings. The van der Waals surface area contributed by atoms with E-state index in [0.29, 0.717) is 41.8 Å². The predicted octanol–water partition coefficient (Wildman–Crippen LogP) is 1.34. The number of hydrogen-bond acceptors (Lipinski definition) is 3. The first-order chi connectivity index (χ1) is 10.6. The molecule has 118 valence electrons. The summed E-state index contributed by atoms with van der Waals surface area (Å²) in [5.74, 6) is 0.310. The second-order valence-corrected chi connectivity index (χ2v) is 6.11.